The smallest absolute Gasteiger partial charge is 0.224 e. The van der Waals surface area contributed by atoms with E-state index in [2.05, 4.69) is 11.4 Å². The average Bonchev–Trinajstić information content (AvgIpc) is 3.03. The van der Waals surface area contributed by atoms with E-state index in [1.807, 2.05) is 32.0 Å². The number of carbonyl (C=O) groups is 1. The Bertz CT molecular complexity index is 560. The Labute approximate surface area is 131 Å². The van der Waals surface area contributed by atoms with Crippen molar-refractivity contribution in [2.24, 2.45) is 5.92 Å². The molecule has 2 atom stereocenters. The summed E-state index contributed by atoms with van der Waals surface area (Å²) in [5.41, 5.74) is 2.24. The predicted molar refractivity (Wildman–Crippen MR) is 82.5 cm³/mol. The molecule has 1 N–H and O–H groups in total. The fraction of sp³-hybridized carbons (Fsp3) is 0.529. The van der Waals surface area contributed by atoms with E-state index in [4.69, 9.17) is 14.7 Å². The van der Waals surface area contributed by atoms with Crippen LogP contribution in [0.5, 0.6) is 5.75 Å². The maximum Gasteiger partial charge on any atom is 0.224 e. The van der Waals surface area contributed by atoms with Gasteiger partial charge in [0.2, 0.25) is 5.91 Å². The van der Waals surface area contributed by atoms with Gasteiger partial charge in [0, 0.05) is 12.5 Å². The number of amides is 1. The summed E-state index contributed by atoms with van der Waals surface area (Å²) < 4.78 is 10.9. The van der Waals surface area contributed by atoms with Crippen molar-refractivity contribution in [3.8, 4) is 11.8 Å². The highest BCUT2D eigenvalue weighted by Crippen LogP contribution is 2.20. The number of ether oxygens (including phenoxy) is 2. The van der Waals surface area contributed by atoms with Crippen molar-refractivity contribution in [1.82, 2.24) is 5.32 Å². The summed E-state index contributed by atoms with van der Waals surface area (Å²) in [6.07, 6.45) is 1.05. The molecule has 0 aromatic heterocycles. The van der Waals surface area contributed by atoms with Crippen molar-refractivity contribution in [2.75, 3.05) is 19.8 Å². The van der Waals surface area contributed by atoms with Gasteiger partial charge in [0.1, 0.15) is 11.8 Å². The van der Waals surface area contributed by atoms with Crippen LogP contribution in [0.3, 0.4) is 0 Å². The van der Waals surface area contributed by atoms with Gasteiger partial charge in [-0.25, -0.2) is 0 Å². The Kier molecular flexibility index (Phi) is 5.79. The first-order valence-electron chi connectivity index (χ1n) is 7.57. The summed E-state index contributed by atoms with van der Waals surface area (Å²) in [4.78, 5) is 11.9. The molecular weight excluding hydrogens is 280 g/mol. The molecule has 5 nitrogen and oxygen atoms in total. The summed E-state index contributed by atoms with van der Waals surface area (Å²) in [6, 6.07) is 7.53. The second-order valence-electron chi connectivity index (χ2n) is 5.59. The molecule has 22 heavy (non-hydrogen) atoms. The number of benzene rings is 1. The number of nitriles is 1. The van der Waals surface area contributed by atoms with Gasteiger partial charge in [0.25, 0.3) is 0 Å². The van der Waals surface area contributed by atoms with Crippen molar-refractivity contribution >= 4 is 5.91 Å². The van der Waals surface area contributed by atoms with Crippen LogP contribution in [0.1, 0.15) is 24.0 Å². The van der Waals surface area contributed by atoms with E-state index in [-0.39, 0.29) is 18.2 Å². The fourth-order valence-corrected chi connectivity index (χ4v) is 2.45. The maximum atomic E-state index is 11.9. The van der Waals surface area contributed by atoms with Crippen LogP contribution in [0.15, 0.2) is 18.2 Å². The van der Waals surface area contributed by atoms with Gasteiger partial charge in [0.05, 0.1) is 25.7 Å². The lowest BCUT2D eigenvalue weighted by molar-refractivity contribution is -0.122. The molecule has 1 fully saturated rings. The van der Waals surface area contributed by atoms with E-state index < -0.39 is 6.04 Å². The second-order valence-corrected chi connectivity index (χ2v) is 5.59. The van der Waals surface area contributed by atoms with Crippen LogP contribution in [0.4, 0.5) is 0 Å². The minimum absolute atomic E-state index is 0.0916. The SMILES string of the molecule is Cc1cccc(OCCC(=O)N[C@@H](C#N)[C@@H]2CCOC2)c1C. The highest BCUT2D eigenvalue weighted by atomic mass is 16.5. The van der Waals surface area contributed by atoms with Gasteiger partial charge in [-0.15, -0.1) is 0 Å². The molecule has 1 aromatic rings. The fourth-order valence-electron chi connectivity index (χ4n) is 2.45. The van der Waals surface area contributed by atoms with Gasteiger partial charge in [-0.05, 0) is 37.5 Å². The van der Waals surface area contributed by atoms with Crippen LogP contribution in [0.2, 0.25) is 0 Å². The van der Waals surface area contributed by atoms with E-state index in [1.54, 1.807) is 0 Å². The van der Waals surface area contributed by atoms with Gasteiger partial charge >= 0.3 is 0 Å². The minimum Gasteiger partial charge on any atom is -0.493 e. The zero-order valence-electron chi connectivity index (χ0n) is 13.1. The summed E-state index contributed by atoms with van der Waals surface area (Å²) in [5.74, 6) is 0.728. The number of hydrogen-bond donors (Lipinski definition) is 1. The van der Waals surface area contributed by atoms with Gasteiger partial charge in [-0.1, -0.05) is 12.1 Å². The molecule has 0 aliphatic carbocycles. The topological polar surface area (TPSA) is 71.3 Å². The standard InChI is InChI=1S/C17H22N2O3/c1-12-4-3-5-16(13(12)2)22-9-7-17(20)19-15(10-18)14-6-8-21-11-14/h3-5,14-15H,6-9,11H2,1-2H3,(H,19,20)/t14-,15+/m1/s1. The molecule has 0 radical (unpaired) electrons. The maximum absolute atomic E-state index is 11.9. The molecule has 1 aliphatic heterocycles. The van der Waals surface area contributed by atoms with E-state index in [9.17, 15) is 4.79 Å². The molecule has 1 aromatic carbocycles. The molecule has 118 valence electrons. The highest BCUT2D eigenvalue weighted by molar-refractivity contribution is 5.76. The molecule has 1 saturated heterocycles. The van der Waals surface area contributed by atoms with Gasteiger partial charge in [0.15, 0.2) is 0 Å². The molecule has 2 rings (SSSR count). The molecule has 0 saturated carbocycles. The van der Waals surface area contributed by atoms with Crippen LogP contribution < -0.4 is 10.1 Å². The summed E-state index contributed by atoms with van der Waals surface area (Å²) in [6.45, 7) is 5.52. The zero-order chi connectivity index (χ0) is 15.9. The zero-order valence-corrected chi connectivity index (χ0v) is 13.1. The molecule has 1 amide bonds. The monoisotopic (exact) mass is 302 g/mol. The van der Waals surface area contributed by atoms with Gasteiger partial charge < -0.3 is 14.8 Å². The first-order valence-corrected chi connectivity index (χ1v) is 7.57. The Morgan fingerprint density at radius 1 is 1.55 bits per heavy atom. The molecular formula is C17H22N2O3. The van der Waals surface area contributed by atoms with Gasteiger partial charge in [-0.2, -0.15) is 5.26 Å². The molecule has 1 aliphatic rings. The largest absolute Gasteiger partial charge is 0.493 e. The number of nitrogens with one attached hydrogen (secondary N) is 1. The first-order chi connectivity index (χ1) is 10.6. The van der Waals surface area contributed by atoms with Crippen molar-refractivity contribution < 1.29 is 14.3 Å². The van der Waals surface area contributed by atoms with E-state index in [1.165, 1.54) is 0 Å². The number of rotatable bonds is 6. The van der Waals surface area contributed by atoms with Crippen LogP contribution in [-0.2, 0) is 9.53 Å². The third kappa shape index (κ3) is 4.22. The van der Waals surface area contributed by atoms with E-state index in [0.717, 1.165) is 23.3 Å². The third-order valence-electron chi connectivity index (χ3n) is 4.03. The normalized spacial score (nSPS) is 18.5. The lowest BCUT2D eigenvalue weighted by Gasteiger charge is -2.17. The molecule has 5 heteroatoms. The van der Waals surface area contributed by atoms with Crippen molar-refractivity contribution in [2.45, 2.75) is 32.7 Å². The number of hydrogen-bond acceptors (Lipinski definition) is 4. The number of nitrogens with zero attached hydrogens (tertiary/aromatic N) is 1. The minimum atomic E-state index is -0.476. The third-order valence-corrected chi connectivity index (χ3v) is 4.03. The summed E-state index contributed by atoms with van der Waals surface area (Å²) in [5, 5.41) is 11.9. The van der Waals surface area contributed by atoms with Crippen molar-refractivity contribution in [3.63, 3.8) is 0 Å². The van der Waals surface area contributed by atoms with Crippen LogP contribution in [0, 0.1) is 31.1 Å². The number of aryl methyl sites for hydroxylation is 1. The van der Waals surface area contributed by atoms with E-state index >= 15 is 0 Å². The Morgan fingerprint density at radius 2 is 2.36 bits per heavy atom. The van der Waals surface area contributed by atoms with E-state index in [0.29, 0.717) is 19.8 Å². The lowest BCUT2D eigenvalue weighted by atomic mass is 10.0. The predicted octanol–water partition coefficient (Wildman–Crippen LogP) is 2.12. The second kappa shape index (κ2) is 7.81. The Balaban J connectivity index is 1.78. The highest BCUT2D eigenvalue weighted by Gasteiger charge is 2.26. The van der Waals surface area contributed by atoms with Crippen LogP contribution >= 0.6 is 0 Å². The molecule has 1 heterocycles. The van der Waals surface area contributed by atoms with Crippen molar-refractivity contribution in [1.29, 1.82) is 5.26 Å². The summed E-state index contributed by atoms with van der Waals surface area (Å²) >= 11 is 0. The Hall–Kier alpha value is -2.06. The van der Waals surface area contributed by atoms with Gasteiger partial charge in [-0.3, -0.25) is 4.79 Å². The quantitative estimate of drug-likeness (QED) is 0.873. The Morgan fingerprint density at radius 3 is 3.05 bits per heavy atom. The first kappa shape index (κ1) is 16.3. The van der Waals surface area contributed by atoms with Crippen LogP contribution in [0.25, 0.3) is 0 Å². The van der Waals surface area contributed by atoms with Crippen LogP contribution in [-0.4, -0.2) is 31.8 Å². The molecule has 0 spiro atoms. The molecule has 0 unspecified atom stereocenters. The molecule has 0 bridgehead atoms. The number of carbonyl (C=O) groups excluding carboxylic acids is 1. The average molecular weight is 302 g/mol. The van der Waals surface area contributed by atoms with Crippen molar-refractivity contribution in [3.05, 3.63) is 29.3 Å². The lowest BCUT2D eigenvalue weighted by Crippen LogP contribution is -2.40. The summed E-state index contributed by atoms with van der Waals surface area (Å²) in [7, 11) is 0.